The van der Waals surface area contributed by atoms with E-state index in [0.29, 0.717) is 25.7 Å². The second kappa shape index (κ2) is 78.6. The van der Waals surface area contributed by atoms with Crippen molar-refractivity contribution in [3.63, 3.8) is 0 Å². The van der Waals surface area contributed by atoms with E-state index in [4.69, 9.17) is 37.0 Å². The second-order valence-electron chi connectivity index (χ2n) is 34.0. The van der Waals surface area contributed by atoms with E-state index in [1.807, 2.05) is 0 Å². The minimum Gasteiger partial charge on any atom is -0.462 e. The van der Waals surface area contributed by atoms with Gasteiger partial charge in [0.15, 0.2) is 12.2 Å². The van der Waals surface area contributed by atoms with Gasteiger partial charge in [-0.15, -0.1) is 0 Å². The quantitative estimate of drug-likeness (QED) is 0.0222. The monoisotopic (exact) mass is 1590 g/mol. The van der Waals surface area contributed by atoms with Gasteiger partial charge in [-0.3, -0.25) is 37.3 Å². The van der Waals surface area contributed by atoms with Crippen molar-refractivity contribution in [1.82, 2.24) is 0 Å². The maximum Gasteiger partial charge on any atom is 0.472 e. The predicted octanol–water partition coefficient (Wildman–Crippen LogP) is 27.5. The molecule has 0 aliphatic heterocycles. The second-order valence-corrected chi connectivity index (χ2v) is 36.9. The van der Waals surface area contributed by atoms with Crippen LogP contribution in [0.25, 0.3) is 0 Å². The molecule has 3 N–H and O–H groups in total. The average Bonchev–Trinajstić information content (AvgIpc) is 0.901. The largest absolute Gasteiger partial charge is 0.472 e. The highest BCUT2D eigenvalue weighted by atomic mass is 31.2. The van der Waals surface area contributed by atoms with Crippen LogP contribution in [0.5, 0.6) is 0 Å². The Labute approximate surface area is 670 Å². The van der Waals surface area contributed by atoms with Crippen LogP contribution in [0.1, 0.15) is 473 Å². The molecule has 0 aliphatic carbocycles. The van der Waals surface area contributed by atoms with E-state index in [1.54, 1.807) is 0 Å². The van der Waals surface area contributed by atoms with Crippen LogP contribution in [-0.4, -0.2) is 96.7 Å². The standard InChI is InChI=1S/C90H176O17P2/c1-9-83(8)69-61-53-45-40-41-47-55-63-71-88(93)101-77-86(107-90(95)73-65-57-49-39-33-27-21-15-12-18-24-30-36-44-52-60-68-82(6)7)79-105-109(98,99)103-75-84(91)74-102-108(96,97)104-78-85(106-89(94)72-64-56-48-38-32-26-20-14-11-17-23-29-35-43-51-59-67-81(4)5)76-100-87(92)70-62-54-46-37-31-25-19-13-10-16-22-28-34-42-50-58-66-80(2)3/h80-86,91H,9-79H2,1-8H3,(H,96,97)(H,98,99)/t83?,84-,85-,86-/m1/s1. The lowest BCUT2D eigenvalue weighted by Crippen LogP contribution is -2.30. The van der Waals surface area contributed by atoms with Gasteiger partial charge in [0.05, 0.1) is 26.4 Å². The summed E-state index contributed by atoms with van der Waals surface area (Å²) in [5.74, 6) is 1.11. The Bertz CT molecular complexity index is 2110. The molecule has 6 atom stereocenters. The molecule has 0 aromatic heterocycles. The van der Waals surface area contributed by atoms with Crippen molar-refractivity contribution in [1.29, 1.82) is 0 Å². The van der Waals surface area contributed by atoms with Crippen LogP contribution in [-0.2, 0) is 65.4 Å². The van der Waals surface area contributed by atoms with E-state index in [-0.39, 0.29) is 25.7 Å². The molecule has 0 fully saturated rings. The summed E-state index contributed by atoms with van der Waals surface area (Å²) in [6, 6.07) is 0. The molecule has 0 saturated carbocycles. The van der Waals surface area contributed by atoms with Gasteiger partial charge in [0.25, 0.3) is 0 Å². The highest BCUT2D eigenvalue weighted by Crippen LogP contribution is 2.45. The van der Waals surface area contributed by atoms with Crippen molar-refractivity contribution in [3.05, 3.63) is 0 Å². The lowest BCUT2D eigenvalue weighted by molar-refractivity contribution is -0.161. The summed E-state index contributed by atoms with van der Waals surface area (Å²) in [4.78, 5) is 73.4. The molecule has 0 spiro atoms. The van der Waals surface area contributed by atoms with Crippen LogP contribution in [0.15, 0.2) is 0 Å². The number of hydrogen-bond acceptors (Lipinski definition) is 15. The zero-order valence-corrected chi connectivity index (χ0v) is 74.0. The van der Waals surface area contributed by atoms with Gasteiger partial charge in [0.1, 0.15) is 19.3 Å². The summed E-state index contributed by atoms with van der Waals surface area (Å²) in [6.45, 7) is 14.4. The Balaban J connectivity index is 5.26. The van der Waals surface area contributed by atoms with E-state index in [9.17, 15) is 43.2 Å². The predicted molar refractivity (Wildman–Crippen MR) is 451 cm³/mol. The van der Waals surface area contributed by atoms with Gasteiger partial charge in [-0.05, 0) is 49.4 Å². The van der Waals surface area contributed by atoms with Crippen molar-refractivity contribution in [2.24, 2.45) is 23.7 Å². The third kappa shape index (κ3) is 82.4. The SMILES string of the molecule is CCC(C)CCCCCCCCCCC(=O)OC[C@H](COP(=O)(O)OC[C@H](O)COP(=O)(O)OC[C@@H](COC(=O)CCCCCCCCCCCCCCCCCCC(C)C)OC(=O)CCCCCCCCCCCCCCCCCCC(C)C)OC(=O)CCCCCCCCCCCCCCCCCCC(C)C. The Morgan fingerprint density at radius 2 is 0.440 bits per heavy atom. The van der Waals surface area contributed by atoms with E-state index < -0.39 is 97.5 Å². The van der Waals surface area contributed by atoms with Crippen LogP contribution < -0.4 is 0 Å². The topological polar surface area (TPSA) is 237 Å². The van der Waals surface area contributed by atoms with Gasteiger partial charge in [-0.2, -0.15) is 0 Å². The first-order valence-corrected chi connectivity index (χ1v) is 49.2. The van der Waals surface area contributed by atoms with E-state index >= 15 is 0 Å². The van der Waals surface area contributed by atoms with E-state index in [1.165, 1.54) is 276 Å². The smallest absolute Gasteiger partial charge is 0.462 e. The van der Waals surface area contributed by atoms with Gasteiger partial charge in [-0.1, -0.05) is 421 Å². The average molecular weight is 1590 g/mol. The zero-order chi connectivity index (χ0) is 80.2. The molecule has 0 aromatic rings. The normalized spacial score (nSPS) is 14.1. The molecule has 0 heterocycles. The van der Waals surface area contributed by atoms with Crippen LogP contribution in [0.4, 0.5) is 0 Å². The molecule has 0 amide bonds. The summed E-state index contributed by atoms with van der Waals surface area (Å²) in [5.41, 5.74) is 0. The molecule has 19 heteroatoms. The van der Waals surface area contributed by atoms with E-state index in [2.05, 4.69) is 55.4 Å². The number of aliphatic hydroxyl groups is 1. The van der Waals surface area contributed by atoms with Gasteiger partial charge < -0.3 is 33.8 Å². The highest BCUT2D eigenvalue weighted by molar-refractivity contribution is 7.47. The summed E-state index contributed by atoms with van der Waals surface area (Å²) in [7, 11) is -9.94. The number of carbonyl (C=O) groups excluding carboxylic acids is 4. The number of hydrogen-bond donors (Lipinski definition) is 3. The number of phosphoric acid groups is 2. The molecule has 648 valence electrons. The van der Waals surface area contributed by atoms with Crippen molar-refractivity contribution in [2.75, 3.05) is 39.6 Å². The summed E-state index contributed by atoms with van der Waals surface area (Å²) in [5, 5.41) is 10.7. The molecular weight excluding hydrogens is 1410 g/mol. The maximum absolute atomic E-state index is 13.2. The van der Waals surface area contributed by atoms with Crippen LogP contribution in [0.3, 0.4) is 0 Å². The van der Waals surface area contributed by atoms with Crippen molar-refractivity contribution in [3.8, 4) is 0 Å². The number of unbranched alkanes of at least 4 members (excludes halogenated alkanes) is 52. The first kappa shape index (κ1) is 107. The van der Waals surface area contributed by atoms with Crippen LogP contribution >= 0.6 is 15.6 Å². The van der Waals surface area contributed by atoms with Crippen molar-refractivity contribution in [2.45, 2.75) is 491 Å². The van der Waals surface area contributed by atoms with Crippen LogP contribution in [0.2, 0.25) is 0 Å². The first-order chi connectivity index (χ1) is 52.6. The van der Waals surface area contributed by atoms with Gasteiger partial charge in [-0.25, -0.2) is 9.13 Å². The Morgan fingerprint density at radius 1 is 0.257 bits per heavy atom. The molecule has 0 radical (unpaired) electrons. The molecular formula is C90H176O17P2. The number of carbonyl (C=O) groups is 4. The fourth-order valence-electron chi connectivity index (χ4n) is 14.0. The number of ether oxygens (including phenoxy) is 4. The molecule has 17 nitrogen and oxygen atoms in total. The molecule has 0 aromatic carbocycles. The van der Waals surface area contributed by atoms with Gasteiger partial charge in [0, 0.05) is 25.7 Å². The molecule has 0 rings (SSSR count). The van der Waals surface area contributed by atoms with E-state index in [0.717, 1.165) is 114 Å². The summed E-state index contributed by atoms with van der Waals surface area (Å²) >= 11 is 0. The number of rotatable bonds is 87. The Kier molecular flexibility index (Phi) is 77.2. The van der Waals surface area contributed by atoms with Crippen molar-refractivity contribution >= 4 is 39.5 Å². The third-order valence-corrected chi connectivity index (χ3v) is 23.3. The third-order valence-electron chi connectivity index (χ3n) is 21.4. The minimum atomic E-state index is -4.97. The number of aliphatic hydroxyl groups excluding tert-OH is 1. The minimum absolute atomic E-state index is 0.107. The summed E-state index contributed by atoms with van der Waals surface area (Å²) in [6.07, 6.45) is 69.4. The maximum atomic E-state index is 13.2. The Hall–Kier alpha value is -1.94. The molecule has 0 saturated heterocycles. The van der Waals surface area contributed by atoms with Gasteiger partial charge >= 0.3 is 39.5 Å². The lowest BCUT2D eigenvalue weighted by atomic mass is 9.99. The lowest BCUT2D eigenvalue weighted by Gasteiger charge is -2.21. The fourth-order valence-corrected chi connectivity index (χ4v) is 15.6. The van der Waals surface area contributed by atoms with Gasteiger partial charge in [0.2, 0.25) is 0 Å². The highest BCUT2D eigenvalue weighted by Gasteiger charge is 2.31. The molecule has 0 aliphatic rings. The summed E-state index contributed by atoms with van der Waals surface area (Å²) < 4.78 is 69.1. The zero-order valence-electron chi connectivity index (χ0n) is 72.2. The molecule has 3 unspecified atom stereocenters. The van der Waals surface area contributed by atoms with Crippen molar-refractivity contribution < 1.29 is 80.2 Å². The molecule has 109 heavy (non-hydrogen) atoms. The molecule has 0 bridgehead atoms. The number of phosphoric ester groups is 2. The number of esters is 4. The fraction of sp³-hybridized carbons (Fsp3) is 0.956. The van der Waals surface area contributed by atoms with Crippen LogP contribution in [0, 0.1) is 23.7 Å². The Morgan fingerprint density at radius 3 is 0.651 bits per heavy atom. The first-order valence-electron chi connectivity index (χ1n) is 46.2.